The number of hydrogen-bond acceptors (Lipinski definition) is 4. The van der Waals surface area contributed by atoms with E-state index in [0.717, 1.165) is 49.7 Å². The van der Waals surface area contributed by atoms with E-state index < -0.39 is 19.7 Å². The monoisotopic (exact) mass is 675 g/mol. The predicted octanol–water partition coefficient (Wildman–Crippen LogP) is 9.78. The van der Waals surface area contributed by atoms with Crippen molar-refractivity contribution in [3.8, 4) is 27.9 Å². The smallest absolute Gasteiger partial charge is 0.206 e. The van der Waals surface area contributed by atoms with Crippen LogP contribution in [0.2, 0.25) is 0 Å². The molecule has 8 aromatic rings. The van der Waals surface area contributed by atoms with Crippen molar-refractivity contribution in [3.05, 3.63) is 176 Å². The van der Waals surface area contributed by atoms with E-state index in [2.05, 4.69) is 53.1 Å². The standard InChI is InChI=1S/C42H29NO4S2/c44-48(45,35-12-6-2-7-13-35)37-22-16-30(17-23-37)32-20-26-39-40-27-21-33(29-42(40)43(41(39)28-32)34-10-4-1-5-11-34)31-18-24-38(25-19-31)49(46,47)36-14-8-3-9-15-36/h1-29H. The van der Waals surface area contributed by atoms with Crippen molar-refractivity contribution in [2.75, 3.05) is 0 Å². The van der Waals surface area contributed by atoms with Crippen LogP contribution in [0.1, 0.15) is 0 Å². The second-order valence-electron chi connectivity index (χ2n) is 11.8. The van der Waals surface area contributed by atoms with E-state index in [-0.39, 0.29) is 19.6 Å². The van der Waals surface area contributed by atoms with Crippen LogP contribution >= 0.6 is 0 Å². The van der Waals surface area contributed by atoms with Crippen molar-refractivity contribution in [3.63, 3.8) is 0 Å². The third kappa shape index (κ3) is 5.43. The van der Waals surface area contributed by atoms with Crippen LogP contribution in [0.4, 0.5) is 0 Å². The molecule has 0 aliphatic rings. The van der Waals surface area contributed by atoms with Crippen LogP contribution in [-0.4, -0.2) is 21.4 Å². The lowest BCUT2D eigenvalue weighted by molar-refractivity contribution is 0.594. The molecule has 7 heteroatoms. The summed E-state index contributed by atoms with van der Waals surface area (Å²) in [4.78, 5) is 1.04. The number of rotatable bonds is 7. The Labute approximate surface area is 285 Å². The number of hydrogen-bond donors (Lipinski definition) is 0. The molecule has 0 amide bonds. The number of aromatic nitrogens is 1. The van der Waals surface area contributed by atoms with E-state index in [0.29, 0.717) is 0 Å². The van der Waals surface area contributed by atoms with Gasteiger partial charge in [0, 0.05) is 16.5 Å². The van der Waals surface area contributed by atoms with Crippen LogP contribution in [0, 0.1) is 0 Å². The minimum Gasteiger partial charge on any atom is -0.309 e. The molecule has 49 heavy (non-hydrogen) atoms. The number of nitrogens with zero attached hydrogens (tertiary/aromatic N) is 1. The van der Waals surface area contributed by atoms with Crippen molar-refractivity contribution < 1.29 is 16.8 Å². The zero-order valence-corrected chi connectivity index (χ0v) is 27.8. The molecule has 0 atom stereocenters. The van der Waals surface area contributed by atoms with Gasteiger partial charge in [-0.1, -0.05) is 103 Å². The van der Waals surface area contributed by atoms with Crippen molar-refractivity contribution >= 4 is 41.5 Å². The van der Waals surface area contributed by atoms with Gasteiger partial charge in [-0.05, 0) is 95.1 Å². The van der Waals surface area contributed by atoms with E-state index in [1.165, 1.54) is 0 Å². The number of sulfone groups is 2. The van der Waals surface area contributed by atoms with Gasteiger partial charge in [-0.25, -0.2) is 16.8 Å². The molecule has 0 N–H and O–H groups in total. The van der Waals surface area contributed by atoms with E-state index in [1.54, 1.807) is 84.9 Å². The van der Waals surface area contributed by atoms with Crippen LogP contribution < -0.4 is 0 Å². The average molecular weight is 676 g/mol. The highest BCUT2D eigenvalue weighted by Gasteiger charge is 2.20. The first-order valence-corrected chi connectivity index (χ1v) is 18.7. The normalized spacial score (nSPS) is 12.0. The highest BCUT2D eigenvalue weighted by Crippen LogP contribution is 2.37. The van der Waals surface area contributed by atoms with Crippen molar-refractivity contribution in [1.82, 2.24) is 4.57 Å². The van der Waals surface area contributed by atoms with Crippen LogP contribution in [0.15, 0.2) is 196 Å². The molecular formula is C42H29NO4S2. The Morgan fingerprint density at radius 3 is 1.04 bits per heavy atom. The van der Waals surface area contributed by atoms with Crippen molar-refractivity contribution in [1.29, 1.82) is 0 Å². The summed E-state index contributed by atoms with van der Waals surface area (Å²) < 4.78 is 54.9. The van der Waals surface area contributed by atoms with Gasteiger partial charge in [0.05, 0.1) is 30.6 Å². The SMILES string of the molecule is O=S(=O)(c1ccccc1)c1ccc(-c2ccc3c4ccc(-c5ccc(S(=O)(=O)c6ccccc6)cc5)cc4n(-c4ccccc4)c3c2)cc1. The molecule has 238 valence electrons. The molecule has 1 aromatic heterocycles. The second-order valence-corrected chi connectivity index (χ2v) is 15.7. The molecule has 0 aliphatic carbocycles. The fraction of sp³-hybridized carbons (Fsp3) is 0. The molecular weight excluding hydrogens is 647 g/mol. The van der Waals surface area contributed by atoms with Gasteiger partial charge in [-0.2, -0.15) is 0 Å². The molecule has 0 bridgehead atoms. The first kappa shape index (κ1) is 30.6. The molecule has 0 saturated heterocycles. The maximum Gasteiger partial charge on any atom is 0.206 e. The van der Waals surface area contributed by atoms with Gasteiger partial charge in [0.25, 0.3) is 0 Å². The average Bonchev–Trinajstić information content (AvgIpc) is 3.49. The van der Waals surface area contributed by atoms with E-state index in [4.69, 9.17) is 0 Å². The predicted molar refractivity (Wildman–Crippen MR) is 195 cm³/mol. The summed E-state index contributed by atoms with van der Waals surface area (Å²) in [6, 6.07) is 53.8. The summed E-state index contributed by atoms with van der Waals surface area (Å²) in [5, 5.41) is 2.17. The third-order valence-electron chi connectivity index (χ3n) is 8.88. The molecule has 7 aromatic carbocycles. The summed E-state index contributed by atoms with van der Waals surface area (Å²) in [5.74, 6) is 0. The Bertz CT molecular complexity index is 2520. The minimum absolute atomic E-state index is 0.250. The van der Waals surface area contributed by atoms with Gasteiger partial charge >= 0.3 is 0 Å². The van der Waals surface area contributed by atoms with Gasteiger partial charge < -0.3 is 4.57 Å². The topological polar surface area (TPSA) is 73.2 Å². The van der Waals surface area contributed by atoms with Crippen molar-refractivity contribution in [2.24, 2.45) is 0 Å². The summed E-state index contributed by atoms with van der Waals surface area (Å²) >= 11 is 0. The molecule has 0 spiro atoms. The number of fused-ring (bicyclic) bond motifs is 3. The highest BCUT2D eigenvalue weighted by molar-refractivity contribution is 7.91. The molecule has 0 saturated carbocycles. The molecule has 0 radical (unpaired) electrons. The fourth-order valence-corrected chi connectivity index (χ4v) is 8.92. The van der Waals surface area contributed by atoms with E-state index in [1.807, 2.05) is 42.5 Å². The van der Waals surface area contributed by atoms with Crippen molar-refractivity contribution in [2.45, 2.75) is 19.6 Å². The lowest BCUT2D eigenvalue weighted by Gasteiger charge is -2.10. The Balaban J connectivity index is 1.21. The Kier molecular flexibility index (Phi) is 7.51. The van der Waals surface area contributed by atoms with Gasteiger partial charge in [-0.15, -0.1) is 0 Å². The van der Waals surface area contributed by atoms with Crippen LogP contribution in [-0.2, 0) is 19.7 Å². The Morgan fingerprint density at radius 2 is 0.653 bits per heavy atom. The lowest BCUT2D eigenvalue weighted by atomic mass is 10.0. The highest BCUT2D eigenvalue weighted by atomic mass is 32.2. The second kappa shape index (κ2) is 12.0. The summed E-state index contributed by atoms with van der Waals surface area (Å²) in [6.07, 6.45) is 0. The molecule has 0 unspecified atom stereocenters. The number of benzene rings is 7. The quantitative estimate of drug-likeness (QED) is 0.169. The molecule has 5 nitrogen and oxygen atoms in total. The number of para-hydroxylation sites is 1. The fourth-order valence-electron chi connectivity index (χ4n) is 6.36. The summed E-state index contributed by atoms with van der Waals surface area (Å²) in [6.45, 7) is 0. The van der Waals surface area contributed by atoms with E-state index >= 15 is 0 Å². The van der Waals surface area contributed by atoms with Crippen LogP contribution in [0.5, 0.6) is 0 Å². The molecule has 8 rings (SSSR count). The molecule has 0 fully saturated rings. The van der Waals surface area contributed by atoms with E-state index in [9.17, 15) is 16.8 Å². The maximum atomic E-state index is 13.2. The van der Waals surface area contributed by atoms with Gasteiger partial charge in [0.15, 0.2) is 0 Å². The molecule has 1 heterocycles. The first-order chi connectivity index (χ1) is 23.8. The van der Waals surface area contributed by atoms with Crippen LogP contribution in [0.3, 0.4) is 0 Å². The maximum absolute atomic E-state index is 13.2. The largest absolute Gasteiger partial charge is 0.309 e. The van der Waals surface area contributed by atoms with Gasteiger partial charge in [0.2, 0.25) is 19.7 Å². The first-order valence-electron chi connectivity index (χ1n) is 15.8. The van der Waals surface area contributed by atoms with Crippen LogP contribution in [0.25, 0.3) is 49.7 Å². The summed E-state index contributed by atoms with van der Waals surface area (Å²) in [7, 11) is -7.23. The minimum atomic E-state index is -3.62. The molecule has 0 aliphatic heterocycles. The lowest BCUT2D eigenvalue weighted by Crippen LogP contribution is -2.01. The third-order valence-corrected chi connectivity index (χ3v) is 12.5. The Hall–Kier alpha value is -5.76. The Morgan fingerprint density at radius 1 is 0.327 bits per heavy atom. The van der Waals surface area contributed by atoms with Gasteiger partial charge in [-0.3, -0.25) is 0 Å². The zero-order valence-electron chi connectivity index (χ0n) is 26.1. The zero-order chi connectivity index (χ0) is 33.6. The van der Waals surface area contributed by atoms with Gasteiger partial charge in [0.1, 0.15) is 0 Å². The summed E-state index contributed by atoms with van der Waals surface area (Å²) in [5.41, 5.74) is 6.78.